The van der Waals surface area contributed by atoms with Crippen LogP contribution >= 0.6 is 11.6 Å². The molecule has 4 heteroatoms. The second-order valence-electron chi connectivity index (χ2n) is 8.74. The Labute approximate surface area is 195 Å². The molecule has 1 heterocycles. The molecular weight excluding hydrogens is 404 g/mol. The zero-order valence-corrected chi connectivity index (χ0v) is 20.4. The lowest BCUT2D eigenvalue weighted by Gasteiger charge is -2.12. The summed E-state index contributed by atoms with van der Waals surface area (Å²) in [4.78, 5) is 9.16. The number of alkyl halides is 1. The van der Waals surface area contributed by atoms with Gasteiger partial charge in [0.05, 0.1) is 6.61 Å². The van der Waals surface area contributed by atoms with E-state index < -0.39 is 0 Å². The summed E-state index contributed by atoms with van der Waals surface area (Å²) in [7, 11) is 0. The van der Waals surface area contributed by atoms with Crippen molar-refractivity contribution in [2.24, 2.45) is 5.92 Å². The minimum atomic E-state index is 0.649. The smallest absolute Gasteiger partial charge is 0.159 e. The van der Waals surface area contributed by atoms with Gasteiger partial charge in [0, 0.05) is 23.8 Å². The van der Waals surface area contributed by atoms with Crippen LogP contribution in [0.4, 0.5) is 0 Å². The van der Waals surface area contributed by atoms with Gasteiger partial charge in [-0.25, -0.2) is 9.97 Å². The molecule has 0 aliphatic rings. The second-order valence-corrected chi connectivity index (χ2v) is 9.12. The third kappa shape index (κ3) is 11.0. The average molecular weight is 445 g/mol. The van der Waals surface area contributed by atoms with Crippen molar-refractivity contribution in [2.75, 3.05) is 12.5 Å². The third-order valence-corrected chi connectivity index (χ3v) is 6.11. The summed E-state index contributed by atoms with van der Waals surface area (Å²) >= 11 is 5.76. The highest BCUT2D eigenvalue weighted by molar-refractivity contribution is 6.17. The van der Waals surface area contributed by atoms with Crippen LogP contribution in [0.25, 0.3) is 11.4 Å². The molecule has 0 saturated carbocycles. The lowest BCUT2D eigenvalue weighted by Crippen LogP contribution is -2.04. The van der Waals surface area contributed by atoms with Gasteiger partial charge >= 0.3 is 0 Å². The molecule has 1 aromatic heterocycles. The van der Waals surface area contributed by atoms with Crippen molar-refractivity contribution in [1.82, 2.24) is 9.97 Å². The molecule has 0 N–H and O–H groups in total. The fourth-order valence-corrected chi connectivity index (χ4v) is 3.90. The zero-order valence-electron chi connectivity index (χ0n) is 19.6. The molecule has 0 fully saturated rings. The number of aromatic nitrogens is 2. The van der Waals surface area contributed by atoms with Gasteiger partial charge in [0.2, 0.25) is 0 Å². The van der Waals surface area contributed by atoms with Crippen LogP contribution in [0.5, 0.6) is 5.75 Å². The van der Waals surface area contributed by atoms with E-state index >= 15 is 0 Å². The maximum Gasteiger partial charge on any atom is 0.159 e. The number of ether oxygens (including phenoxy) is 1. The van der Waals surface area contributed by atoms with E-state index in [0.717, 1.165) is 55.3 Å². The predicted octanol–water partition coefficient (Wildman–Crippen LogP) is 8.25. The van der Waals surface area contributed by atoms with E-state index in [4.69, 9.17) is 16.3 Å². The molecule has 2 aromatic rings. The number of hydrogen-bond acceptors (Lipinski definition) is 3. The average Bonchev–Trinajstić information content (AvgIpc) is 2.80. The standard InChI is InChI=1S/C27H41ClN2O/c1-3-4-5-6-7-8-9-10-13-24-21-29-27(30-22-24)25-14-16-26(17-15-25)31-20-18-23(2)12-11-19-28/h14-17,21-23H,3-13,18-20H2,1-2H3/t23-/m1/s1. The molecule has 2 rings (SSSR count). The van der Waals surface area contributed by atoms with Gasteiger partial charge in [0.25, 0.3) is 0 Å². The number of rotatable bonds is 17. The Morgan fingerprint density at radius 3 is 2.13 bits per heavy atom. The number of hydrogen-bond donors (Lipinski definition) is 0. The molecule has 31 heavy (non-hydrogen) atoms. The summed E-state index contributed by atoms with van der Waals surface area (Å²) in [6.45, 7) is 5.27. The number of nitrogens with zero attached hydrogens (tertiary/aromatic N) is 2. The number of halogens is 1. The van der Waals surface area contributed by atoms with Crippen molar-refractivity contribution in [3.63, 3.8) is 0 Å². The highest BCUT2D eigenvalue weighted by Gasteiger charge is 2.05. The van der Waals surface area contributed by atoms with E-state index in [2.05, 4.69) is 23.8 Å². The van der Waals surface area contributed by atoms with Gasteiger partial charge in [-0.05, 0) is 67.9 Å². The van der Waals surface area contributed by atoms with Crippen LogP contribution < -0.4 is 4.74 Å². The first-order valence-electron chi connectivity index (χ1n) is 12.3. The Balaban J connectivity index is 1.67. The van der Waals surface area contributed by atoms with Crippen LogP contribution in [-0.4, -0.2) is 22.5 Å². The van der Waals surface area contributed by atoms with E-state index in [0.29, 0.717) is 5.92 Å². The van der Waals surface area contributed by atoms with Gasteiger partial charge in [-0.2, -0.15) is 0 Å². The van der Waals surface area contributed by atoms with Crippen molar-refractivity contribution in [1.29, 1.82) is 0 Å². The van der Waals surface area contributed by atoms with Gasteiger partial charge < -0.3 is 4.74 Å². The second kappa shape index (κ2) is 16.1. The Bertz CT molecular complexity index is 687. The van der Waals surface area contributed by atoms with Crippen molar-refractivity contribution >= 4 is 11.6 Å². The topological polar surface area (TPSA) is 35.0 Å². The fraction of sp³-hybridized carbons (Fsp3) is 0.630. The normalized spacial score (nSPS) is 12.1. The van der Waals surface area contributed by atoms with Gasteiger partial charge in [-0.1, -0.05) is 58.8 Å². The molecule has 0 spiro atoms. The molecule has 0 aliphatic carbocycles. The molecule has 0 radical (unpaired) electrons. The molecule has 0 aliphatic heterocycles. The number of aryl methyl sites for hydroxylation is 1. The molecule has 0 bridgehead atoms. The predicted molar refractivity (Wildman–Crippen MR) is 133 cm³/mol. The summed E-state index contributed by atoms with van der Waals surface area (Å²) in [5.74, 6) is 3.07. The summed E-state index contributed by atoms with van der Waals surface area (Å²) in [5.41, 5.74) is 2.26. The Kier molecular flexibility index (Phi) is 13.3. The van der Waals surface area contributed by atoms with E-state index in [1.807, 2.05) is 36.7 Å². The van der Waals surface area contributed by atoms with Crippen molar-refractivity contribution in [3.8, 4) is 17.1 Å². The maximum atomic E-state index is 5.88. The minimum absolute atomic E-state index is 0.649. The zero-order chi connectivity index (χ0) is 22.2. The number of unbranched alkanes of at least 4 members (excludes halogenated alkanes) is 7. The third-order valence-electron chi connectivity index (χ3n) is 5.85. The molecule has 1 atom stereocenters. The van der Waals surface area contributed by atoms with E-state index in [1.165, 1.54) is 56.9 Å². The molecular formula is C27H41ClN2O. The van der Waals surface area contributed by atoms with E-state index in [1.54, 1.807) is 0 Å². The van der Waals surface area contributed by atoms with Crippen LogP contribution in [0.15, 0.2) is 36.7 Å². The first-order chi connectivity index (χ1) is 15.2. The molecule has 0 unspecified atom stereocenters. The van der Waals surface area contributed by atoms with Crippen molar-refractivity contribution in [3.05, 3.63) is 42.2 Å². The Hall–Kier alpha value is -1.61. The lowest BCUT2D eigenvalue weighted by atomic mass is 10.0. The van der Waals surface area contributed by atoms with Crippen molar-refractivity contribution in [2.45, 2.75) is 90.9 Å². The summed E-state index contributed by atoms with van der Waals surface area (Å²) < 4.78 is 5.88. The molecule has 1 aromatic carbocycles. The Morgan fingerprint density at radius 1 is 0.839 bits per heavy atom. The van der Waals surface area contributed by atoms with Gasteiger partial charge in [0.15, 0.2) is 5.82 Å². The summed E-state index contributed by atoms with van der Waals surface area (Å²) in [6, 6.07) is 8.10. The monoisotopic (exact) mass is 444 g/mol. The van der Waals surface area contributed by atoms with Crippen LogP contribution in [0.3, 0.4) is 0 Å². The van der Waals surface area contributed by atoms with Crippen LogP contribution in [0.2, 0.25) is 0 Å². The van der Waals surface area contributed by atoms with Crippen LogP contribution in [0, 0.1) is 5.92 Å². The maximum absolute atomic E-state index is 5.88. The SMILES string of the molecule is CCCCCCCCCCc1cnc(-c2ccc(OCC[C@H](C)CCCCl)cc2)nc1. The minimum Gasteiger partial charge on any atom is -0.494 e. The summed E-state index contributed by atoms with van der Waals surface area (Å²) in [5, 5.41) is 0. The fourth-order valence-electron chi connectivity index (χ4n) is 3.74. The molecule has 0 saturated heterocycles. The number of benzene rings is 1. The van der Waals surface area contributed by atoms with E-state index in [-0.39, 0.29) is 0 Å². The lowest BCUT2D eigenvalue weighted by molar-refractivity contribution is 0.279. The first-order valence-corrected chi connectivity index (χ1v) is 12.9. The molecule has 0 amide bonds. The molecule has 3 nitrogen and oxygen atoms in total. The van der Waals surface area contributed by atoms with Gasteiger partial charge in [0.1, 0.15) is 5.75 Å². The highest BCUT2D eigenvalue weighted by Crippen LogP contribution is 2.20. The van der Waals surface area contributed by atoms with Crippen LogP contribution in [0.1, 0.15) is 90.0 Å². The van der Waals surface area contributed by atoms with Crippen molar-refractivity contribution < 1.29 is 4.74 Å². The van der Waals surface area contributed by atoms with Gasteiger partial charge in [-0.15, -0.1) is 11.6 Å². The summed E-state index contributed by atoms with van der Waals surface area (Å²) in [6.07, 6.45) is 19.1. The Morgan fingerprint density at radius 2 is 1.48 bits per heavy atom. The van der Waals surface area contributed by atoms with Gasteiger partial charge in [-0.3, -0.25) is 0 Å². The quantitative estimate of drug-likeness (QED) is 0.182. The van der Waals surface area contributed by atoms with E-state index in [9.17, 15) is 0 Å². The largest absolute Gasteiger partial charge is 0.494 e. The first kappa shape index (κ1) is 25.6. The molecule has 172 valence electrons. The highest BCUT2D eigenvalue weighted by atomic mass is 35.5. The van der Waals surface area contributed by atoms with Crippen LogP contribution in [-0.2, 0) is 6.42 Å².